The van der Waals surface area contributed by atoms with Gasteiger partial charge in [0, 0.05) is 11.8 Å². The molecule has 0 fully saturated rings. The third kappa shape index (κ3) is 3.74. The Morgan fingerprint density at radius 2 is 1.96 bits per heavy atom. The van der Waals surface area contributed by atoms with Gasteiger partial charge in [0.25, 0.3) is 0 Å². The third-order valence-electron chi connectivity index (χ3n) is 3.22. The number of aromatic nitrogens is 2. The van der Waals surface area contributed by atoms with Crippen LogP contribution in [0.4, 0.5) is 10.5 Å². The third-order valence-corrected chi connectivity index (χ3v) is 3.22. The van der Waals surface area contributed by atoms with E-state index in [1.54, 1.807) is 30.7 Å². The van der Waals surface area contributed by atoms with E-state index in [0.717, 1.165) is 5.56 Å². The van der Waals surface area contributed by atoms with Crippen LogP contribution in [-0.4, -0.2) is 16.0 Å². The number of hydrogen-bond donors (Lipinski definition) is 2. The Kier molecular flexibility index (Phi) is 4.33. The predicted octanol–water partition coefficient (Wildman–Crippen LogP) is 3.62. The summed E-state index contributed by atoms with van der Waals surface area (Å²) >= 11 is 0. The van der Waals surface area contributed by atoms with E-state index >= 15 is 0 Å². The average molecular weight is 308 g/mol. The number of pyridine rings is 1. The first-order valence-electron chi connectivity index (χ1n) is 7.21. The molecule has 3 aromatic rings. The molecule has 2 heterocycles. The molecule has 0 aliphatic rings. The van der Waals surface area contributed by atoms with E-state index in [1.807, 2.05) is 37.3 Å². The van der Waals surface area contributed by atoms with Crippen molar-refractivity contribution in [1.82, 2.24) is 15.3 Å². The second-order valence-corrected chi connectivity index (χ2v) is 4.99. The maximum atomic E-state index is 12.0. The Morgan fingerprint density at radius 1 is 1.13 bits per heavy atom. The van der Waals surface area contributed by atoms with Gasteiger partial charge in [-0.15, -0.1) is 0 Å². The molecule has 0 radical (unpaired) electrons. The lowest BCUT2D eigenvalue weighted by Gasteiger charge is -2.11. The van der Waals surface area contributed by atoms with Crippen molar-refractivity contribution < 1.29 is 9.21 Å². The van der Waals surface area contributed by atoms with E-state index < -0.39 is 0 Å². The topological polar surface area (TPSA) is 80.0 Å². The zero-order chi connectivity index (χ0) is 16.1. The summed E-state index contributed by atoms with van der Waals surface area (Å²) in [5, 5.41) is 5.47. The van der Waals surface area contributed by atoms with Gasteiger partial charge in [0.15, 0.2) is 5.76 Å². The van der Waals surface area contributed by atoms with E-state index in [4.69, 9.17) is 4.42 Å². The van der Waals surface area contributed by atoms with Crippen molar-refractivity contribution in [3.05, 3.63) is 66.9 Å². The standard InChI is InChI=1S/C17H16N4O2/c1-12(20-17(22)21-14-8-5-9-18-10-14)16-19-11-15(23-16)13-6-3-2-4-7-13/h2-12H,1H3,(H2,20,21,22). The SMILES string of the molecule is CC(NC(=O)Nc1cccnc1)c1ncc(-c2ccccc2)o1. The van der Waals surface area contributed by atoms with E-state index in [-0.39, 0.29) is 12.1 Å². The number of hydrogen-bond acceptors (Lipinski definition) is 4. The predicted molar refractivity (Wildman–Crippen MR) is 86.7 cm³/mol. The van der Waals surface area contributed by atoms with Crippen LogP contribution in [0.2, 0.25) is 0 Å². The van der Waals surface area contributed by atoms with Gasteiger partial charge in [0.1, 0.15) is 6.04 Å². The van der Waals surface area contributed by atoms with E-state index in [0.29, 0.717) is 17.3 Å². The Bertz CT molecular complexity index is 772. The van der Waals surface area contributed by atoms with Gasteiger partial charge in [-0.25, -0.2) is 9.78 Å². The van der Waals surface area contributed by atoms with Crippen molar-refractivity contribution in [1.29, 1.82) is 0 Å². The monoisotopic (exact) mass is 308 g/mol. The van der Waals surface area contributed by atoms with E-state index in [9.17, 15) is 4.79 Å². The van der Waals surface area contributed by atoms with Gasteiger partial charge in [-0.2, -0.15) is 0 Å². The fourth-order valence-corrected chi connectivity index (χ4v) is 2.09. The number of benzene rings is 1. The number of urea groups is 1. The molecule has 0 spiro atoms. The summed E-state index contributed by atoms with van der Waals surface area (Å²) in [5.74, 6) is 1.12. The molecule has 1 atom stereocenters. The fourth-order valence-electron chi connectivity index (χ4n) is 2.09. The molecular formula is C17H16N4O2. The lowest BCUT2D eigenvalue weighted by atomic mass is 10.2. The van der Waals surface area contributed by atoms with Gasteiger partial charge in [-0.1, -0.05) is 30.3 Å². The molecule has 1 unspecified atom stereocenters. The van der Waals surface area contributed by atoms with Gasteiger partial charge in [0.05, 0.1) is 18.1 Å². The first-order valence-corrected chi connectivity index (χ1v) is 7.21. The van der Waals surface area contributed by atoms with Crippen molar-refractivity contribution in [2.45, 2.75) is 13.0 Å². The van der Waals surface area contributed by atoms with Crippen LogP contribution in [0, 0.1) is 0 Å². The summed E-state index contributed by atoms with van der Waals surface area (Å²) in [6, 6.07) is 12.5. The highest BCUT2D eigenvalue weighted by Gasteiger charge is 2.15. The van der Waals surface area contributed by atoms with Gasteiger partial charge in [-0.05, 0) is 19.1 Å². The molecule has 2 amide bonds. The van der Waals surface area contributed by atoms with Gasteiger partial charge in [-0.3, -0.25) is 4.98 Å². The molecule has 0 saturated heterocycles. The average Bonchev–Trinajstić information content (AvgIpc) is 3.06. The minimum Gasteiger partial charge on any atom is -0.438 e. The van der Waals surface area contributed by atoms with Crippen LogP contribution in [0.5, 0.6) is 0 Å². The highest BCUT2D eigenvalue weighted by atomic mass is 16.4. The second-order valence-electron chi connectivity index (χ2n) is 4.99. The molecule has 23 heavy (non-hydrogen) atoms. The summed E-state index contributed by atoms with van der Waals surface area (Å²) in [4.78, 5) is 20.1. The number of nitrogens with zero attached hydrogens (tertiary/aromatic N) is 2. The van der Waals surface area contributed by atoms with Crippen LogP contribution in [0.25, 0.3) is 11.3 Å². The molecular weight excluding hydrogens is 292 g/mol. The Morgan fingerprint density at radius 3 is 2.70 bits per heavy atom. The van der Waals surface area contributed by atoms with Crippen LogP contribution >= 0.6 is 0 Å². The van der Waals surface area contributed by atoms with Gasteiger partial charge >= 0.3 is 6.03 Å². The van der Waals surface area contributed by atoms with E-state index in [2.05, 4.69) is 20.6 Å². The minimum absolute atomic E-state index is 0.343. The first kappa shape index (κ1) is 14.8. The first-order chi connectivity index (χ1) is 11.2. The molecule has 3 rings (SSSR count). The fraction of sp³-hybridized carbons (Fsp3) is 0.118. The number of anilines is 1. The van der Waals surface area contributed by atoms with Crippen LogP contribution in [0.1, 0.15) is 18.9 Å². The summed E-state index contributed by atoms with van der Waals surface area (Å²) in [7, 11) is 0. The highest BCUT2D eigenvalue weighted by molar-refractivity contribution is 5.89. The van der Waals surface area contributed by atoms with Crippen LogP contribution in [0.3, 0.4) is 0 Å². The molecule has 0 bridgehead atoms. The number of nitrogens with one attached hydrogen (secondary N) is 2. The molecule has 2 N–H and O–H groups in total. The summed E-state index contributed by atoms with van der Waals surface area (Å²) in [5.41, 5.74) is 1.56. The van der Waals surface area contributed by atoms with Crippen molar-refractivity contribution in [3.63, 3.8) is 0 Å². The minimum atomic E-state index is -0.357. The zero-order valence-corrected chi connectivity index (χ0v) is 12.6. The maximum absolute atomic E-state index is 12.0. The molecule has 1 aromatic carbocycles. The smallest absolute Gasteiger partial charge is 0.319 e. The largest absolute Gasteiger partial charge is 0.438 e. The molecule has 6 nitrogen and oxygen atoms in total. The summed E-state index contributed by atoms with van der Waals surface area (Å²) < 4.78 is 5.72. The van der Waals surface area contributed by atoms with Crippen molar-refractivity contribution >= 4 is 11.7 Å². The molecule has 0 aliphatic carbocycles. The molecule has 2 aromatic heterocycles. The van der Waals surface area contributed by atoms with E-state index in [1.165, 1.54) is 0 Å². The second kappa shape index (κ2) is 6.74. The number of rotatable bonds is 4. The number of amides is 2. The maximum Gasteiger partial charge on any atom is 0.319 e. The number of carbonyl (C=O) groups excluding carboxylic acids is 1. The van der Waals surface area contributed by atoms with Crippen molar-refractivity contribution in [2.75, 3.05) is 5.32 Å². The van der Waals surface area contributed by atoms with Crippen LogP contribution < -0.4 is 10.6 Å². The Hall–Kier alpha value is -3.15. The molecule has 0 saturated carbocycles. The number of oxazole rings is 1. The normalized spacial score (nSPS) is 11.7. The summed E-state index contributed by atoms with van der Waals surface area (Å²) in [6.45, 7) is 1.81. The zero-order valence-electron chi connectivity index (χ0n) is 12.6. The number of carbonyl (C=O) groups is 1. The van der Waals surface area contributed by atoms with Crippen molar-refractivity contribution in [2.24, 2.45) is 0 Å². The molecule has 6 heteroatoms. The lowest BCUT2D eigenvalue weighted by Crippen LogP contribution is -2.31. The lowest BCUT2D eigenvalue weighted by molar-refractivity contribution is 0.247. The quantitative estimate of drug-likeness (QED) is 0.771. The summed E-state index contributed by atoms with van der Waals surface area (Å²) in [6.07, 6.45) is 4.87. The Labute approximate surface area is 133 Å². The molecule has 0 aliphatic heterocycles. The molecule has 116 valence electrons. The highest BCUT2D eigenvalue weighted by Crippen LogP contribution is 2.22. The van der Waals surface area contributed by atoms with Gasteiger partial charge in [0.2, 0.25) is 5.89 Å². The Balaban J connectivity index is 1.63. The van der Waals surface area contributed by atoms with Crippen LogP contribution in [0.15, 0.2) is 65.5 Å². The van der Waals surface area contributed by atoms with Gasteiger partial charge < -0.3 is 15.1 Å². The van der Waals surface area contributed by atoms with Crippen LogP contribution in [-0.2, 0) is 0 Å². The van der Waals surface area contributed by atoms with Crippen molar-refractivity contribution in [3.8, 4) is 11.3 Å².